The van der Waals surface area contributed by atoms with Gasteiger partial charge in [0.1, 0.15) is 0 Å². The molecule has 2 aromatic rings. The van der Waals surface area contributed by atoms with E-state index in [1.54, 1.807) is 0 Å². The van der Waals surface area contributed by atoms with E-state index < -0.39 is 34.1 Å². The molecule has 0 aliphatic carbocycles. The van der Waals surface area contributed by atoms with Crippen molar-refractivity contribution in [1.82, 2.24) is 5.16 Å². The van der Waals surface area contributed by atoms with Gasteiger partial charge in [0.2, 0.25) is 5.76 Å². The summed E-state index contributed by atoms with van der Waals surface area (Å²) < 4.78 is 17.9. The van der Waals surface area contributed by atoms with Gasteiger partial charge in [0.05, 0.1) is 16.7 Å². The third-order valence-electron chi connectivity index (χ3n) is 2.37. The van der Waals surface area contributed by atoms with Crippen LogP contribution in [0.25, 0.3) is 0 Å². The summed E-state index contributed by atoms with van der Waals surface area (Å²) in [6.45, 7) is 0. The Kier molecular flexibility index (Phi) is 3.61. The van der Waals surface area contributed by atoms with E-state index in [4.69, 9.17) is 5.11 Å². The van der Waals surface area contributed by atoms with Gasteiger partial charge in [0, 0.05) is 12.1 Å². The van der Waals surface area contributed by atoms with Crippen LogP contribution in [-0.4, -0.2) is 27.1 Å². The van der Waals surface area contributed by atoms with Crippen LogP contribution in [-0.2, 0) is 0 Å². The van der Waals surface area contributed by atoms with Gasteiger partial charge < -0.3 is 14.9 Å². The molecule has 0 bridgehead atoms. The molecule has 0 aliphatic heterocycles. The number of nitrogens with zero attached hydrogens (tertiary/aromatic N) is 2. The van der Waals surface area contributed by atoms with Crippen LogP contribution in [0.15, 0.2) is 28.8 Å². The Labute approximate surface area is 115 Å². The van der Waals surface area contributed by atoms with Crippen molar-refractivity contribution in [3.05, 3.63) is 51.7 Å². The number of aromatic nitrogens is 1. The third kappa shape index (κ3) is 3.00. The number of hydrogen-bond acceptors (Lipinski definition) is 6. The largest absolute Gasteiger partial charge is 0.475 e. The van der Waals surface area contributed by atoms with Gasteiger partial charge in [-0.2, -0.15) is 0 Å². The van der Waals surface area contributed by atoms with Crippen molar-refractivity contribution >= 4 is 23.3 Å². The highest BCUT2D eigenvalue weighted by atomic mass is 19.1. The minimum absolute atomic E-state index is 0.314. The molecule has 2 N–H and O–H groups in total. The maximum absolute atomic E-state index is 13.6. The van der Waals surface area contributed by atoms with Crippen molar-refractivity contribution in [3.8, 4) is 0 Å². The van der Waals surface area contributed by atoms with Gasteiger partial charge in [-0.1, -0.05) is 5.16 Å². The Morgan fingerprint density at radius 1 is 1.38 bits per heavy atom. The fraction of sp³-hybridized carbons (Fsp3) is 0. The molecule has 10 heteroatoms. The van der Waals surface area contributed by atoms with Gasteiger partial charge in [-0.05, 0) is 6.07 Å². The predicted octanol–water partition coefficient (Wildman–Crippen LogP) is 1.67. The molecular formula is C11H6FN3O6. The number of non-ortho nitro benzene ring substituents is 1. The number of anilines is 1. The topological polar surface area (TPSA) is 136 Å². The van der Waals surface area contributed by atoms with Crippen LogP contribution < -0.4 is 5.32 Å². The zero-order chi connectivity index (χ0) is 15.6. The Morgan fingerprint density at radius 2 is 2.10 bits per heavy atom. The first kappa shape index (κ1) is 14.1. The zero-order valence-electron chi connectivity index (χ0n) is 10.1. The first-order valence-corrected chi connectivity index (χ1v) is 5.34. The van der Waals surface area contributed by atoms with E-state index in [1.807, 2.05) is 0 Å². The molecule has 1 aromatic heterocycles. The normalized spacial score (nSPS) is 10.1. The third-order valence-corrected chi connectivity index (χ3v) is 2.37. The van der Waals surface area contributed by atoms with E-state index in [-0.39, 0.29) is 11.4 Å². The lowest BCUT2D eigenvalue weighted by atomic mass is 10.2. The molecule has 1 aromatic carbocycles. The summed E-state index contributed by atoms with van der Waals surface area (Å²) in [5.74, 6) is -3.90. The highest BCUT2D eigenvalue weighted by Gasteiger charge is 2.18. The SMILES string of the molecule is O=C(Nc1ccc([N+](=O)[O-])cc1F)c1cc(C(=O)O)on1. The van der Waals surface area contributed by atoms with E-state index in [0.29, 0.717) is 6.07 Å². The molecule has 0 spiro atoms. The standard InChI is InChI=1S/C11H6FN3O6/c12-6-3-5(15(19)20)1-2-7(6)13-10(16)8-4-9(11(17)18)21-14-8/h1-4H,(H,13,16)(H,17,18). The van der Waals surface area contributed by atoms with Crippen LogP contribution in [0.2, 0.25) is 0 Å². The molecule has 0 saturated carbocycles. The van der Waals surface area contributed by atoms with Crippen molar-refractivity contribution in [2.75, 3.05) is 5.32 Å². The number of nitrogens with one attached hydrogen (secondary N) is 1. The number of carbonyl (C=O) groups excluding carboxylic acids is 1. The highest BCUT2D eigenvalue weighted by Crippen LogP contribution is 2.21. The molecule has 9 nitrogen and oxygen atoms in total. The van der Waals surface area contributed by atoms with Gasteiger partial charge >= 0.3 is 5.97 Å². The van der Waals surface area contributed by atoms with Crippen molar-refractivity contribution in [2.45, 2.75) is 0 Å². The summed E-state index contributed by atoms with van der Waals surface area (Å²) in [4.78, 5) is 31.9. The van der Waals surface area contributed by atoms with Crippen molar-refractivity contribution in [3.63, 3.8) is 0 Å². The molecular weight excluding hydrogens is 289 g/mol. The number of nitro benzene ring substituents is 1. The Bertz CT molecular complexity index is 741. The molecule has 0 saturated heterocycles. The van der Waals surface area contributed by atoms with Crippen LogP contribution in [0.3, 0.4) is 0 Å². The molecule has 0 atom stereocenters. The van der Waals surface area contributed by atoms with Crippen molar-refractivity contribution < 1.29 is 28.5 Å². The summed E-state index contributed by atoms with van der Waals surface area (Å²) in [6, 6.07) is 3.51. The van der Waals surface area contributed by atoms with Gasteiger partial charge in [0.25, 0.3) is 11.6 Å². The minimum atomic E-state index is -1.41. The van der Waals surface area contributed by atoms with Gasteiger partial charge in [-0.3, -0.25) is 14.9 Å². The van der Waals surface area contributed by atoms with Crippen LogP contribution in [0.5, 0.6) is 0 Å². The number of carboxylic acid groups (broad SMARTS) is 1. The number of carbonyl (C=O) groups is 2. The number of nitro groups is 1. The Hall–Kier alpha value is -3.30. The average Bonchev–Trinajstić information content (AvgIpc) is 2.90. The maximum Gasteiger partial charge on any atom is 0.374 e. The van der Waals surface area contributed by atoms with E-state index in [0.717, 1.165) is 18.2 Å². The summed E-state index contributed by atoms with van der Waals surface area (Å²) in [7, 11) is 0. The lowest BCUT2D eigenvalue weighted by Gasteiger charge is -2.03. The number of benzene rings is 1. The number of halogens is 1. The monoisotopic (exact) mass is 295 g/mol. The van der Waals surface area contributed by atoms with Crippen molar-refractivity contribution in [1.29, 1.82) is 0 Å². The Balaban J connectivity index is 2.19. The highest BCUT2D eigenvalue weighted by molar-refractivity contribution is 6.03. The molecule has 1 heterocycles. The molecule has 0 aliphatic rings. The van der Waals surface area contributed by atoms with E-state index in [1.165, 1.54) is 0 Å². The summed E-state index contributed by atoms with van der Waals surface area (Å²) in [5.41, 5.74) is -1.16. The molecule has 2 rings (SSSR count). The van der Waals surface area contributed by atoms with Crippen LogP contribution >= 0.6 is 0 Å². The number of rotatable bonds is 4. The molecule has 0 fully saturated rings. The molecule has 0 unspecified atom stereocenters. The van der Waals surface area contributed by atoms with Crippen LogP contribution in [0.1, 0.15) is 21.0 Å². The fourth-order valence-electron chi connectivity index (χ4n) is 1.39. The van der Waals surface area contributed by atoms with Gasteiger partial charge in [-0.15, -0.1) is 0 Å². The maximum atomic E-state index is 13.6. The first-order valence-electron chi connectivity index (χ1n) is 5.34. The molecule has 0 radical (unpaired) electrons. The zero-order valence-corrected chi connectivity index (χ0v) is 10.1. The Morgan fingerprint density at radius 3 is 2.62 bits per heavy atom. The molecule has 108 valence electrons. The van der Waals surface area contributed by atoms with E-state index in [9.17, 15) is 24.1 Å². The minimum Gasteiger partial charge on any atom is -0.475 e. The summed E-state index contributed by atoms with van der Waals surface area (Å²) in [6.07, 6.45) is 0. The fourth-order valence-corrected chi connectivity index (χ4v) is 1.39. The van der Waals surface area contributed by atoms with Gasteiger partial charge in [0.15, 0.2) is 11.5 Å². The predicted molar refractivity (Wildman–Crippen MR) is 64.5 cm³/mol. The molecule has 21 heavy (non-hydrogen) atoms. The summed E-state index contributed by atoms with van der Waals surface area (Å²) in [5, 5.41) is 24.4. The second-order valence-corrected chi connectivity index (χ2v) is 3.76. The lowest BCUT2D eigenvalue weighted by Crippen LogP contribution is -2.13. The second kappa shape index (κ2) is 5.36. The van der Waals surface area contributed by atoms with Crippen LogP contribution in [0.4, 0.5) is 15.8 Å². The summed E-state index contributed by atoms with van der Waals surface area (Å²) >= 11 is 0. The van der Waals surface area contributed by atoms with Crippen molar-refractivity contribution in [2.24, 2.45) is 0 Å². The number of aromatic carboxylic acids is 1. The number of hydrogen-bond donors (Lipinski definition) is 2. The second-order valence-electron chi connectivity index (χ2n) is 3.76. The molecule has 1 amide bonds. The van der Waals surface area contributed by atoms with E-state index >= 15 is 0 Å². The number of amides is 1. The first-order chi connectivity index (χ1) is 9.88. The van der Waals surface area contributed by atoms with Gasteiger partial charge in [-0.25, -0.2) is 9.18 Å². The lowest BCUT2D eigenvalue weighted by molar-refractivity contribution is -0.385. The number of carboxylic acids is 1. The average molecular weight is 295 g/mol. The van der Waals surface area contributed by atoms with E-state index in [2.05, 4.69) is 15.0 Å². The quantitative estimate of drug-likeness (QED) is 0.646. The smallest absolute Gasteiger partial charge is 0.374 e. The van der Waals surface area contributed by atoms with Crippen LogP contribution in [0, 0.1) is 15.9 Å².